The Morgan fingerprint density at radius 1 is 0.844 bits per heavy atom. The number of aromatic nitrogens is 2. The maximum atomic E-state index is 6.47. The topological polar surface area (TPSA) is 38.9 Å². The summed E-state index contributed by atoms with van der Waals surface area (Å²) in [6, 6.07) is 21.3. The summed E-state index contributed by atoms with van der Waals surface area (Å²) in [5, 5.41) is 5.62. The molecule has 0 spiro atoms. The first kappa shape index (κ1) is 19.2. The molecule has 0 amide bonds. The van der Waals surface area contributed by atoms with Crippen molar-refractivity contribution in [2.75, 3.05) is 0 Å². The Kier molecular flexibility index (Phi) is 4.21. The molecule has 0 aliphatic rings. The molecule has 6 rings (SSSR count). The lowest BCUT2D eigenvalue weighted by Gasteiger charge is -2.22. The van der Waals surface area contributed by atoms with Crippen LogP contribution in [-0.2, 0) is 5.41 Å². The Morgan fingerprint density at radius 3 is 2.56 bits per heavy atom. The minimum absolute atomic E-state index is 0.0135. The maximum absolute atomic E-state index is 6.47. The quantitative estimate of drug-likeness (QED) is 0.275. The number of rotatable bonds is 2. The van der Waals surface area contributed by atoms with E-state index >= 15 is 0 Å². The number of fused-ring (bicyclic) bond motifs is 3. The fraction of sp³-hybridized carbons (Fsp3) is 0.143. The van der Waals surface area contributed by atoms with Crippen molar-refractivity contribution >= 4 is 43.3 Å². The summed E-state index contributed by atoms with van der Waals surface area (Å²) in [5.41, 5.74) is 6.17. The summed E-state index contributed by atoms with van der Waals surface area (Å²) >= 11 is 1.69. The lowest BCUT2D eigenvalue weighted by atomic mass is 9.82. The highest BCUT2D eigenvalue weighted by atomic mass is 32.1. The summed E-state index contributed by atoms with van der Waals surface area (Å²) in [6.45, 7) is 6.77. The highest BCUT2D eigenvalue weighted by Crippen LogP contribution is 2.39. The molecule has 0 bridgehead atoms. The normalized spacial score (nSPS) is 12.2. The number of hydrogen-bond acceptors (Lipinski definition) is 4. The van der Waals surface area contributed by atoms with Gasteiger partial charge in [0.05, 0.1) is 10.2 Å². The summed E-state index contributed by atoms with van der Waals surface area (Å²) < 4.78 is 7.61. The summed E-state index contributed by atoms with van der Waals surface area (Å²) in [4.78, 5) is 9.23. The first-order valence-corrected chi connectivity index (χ1v) is 11.6. The summed E-state index contributed by atoms with van der Waals surface area (Å²) in [5.74, 6) is 0.848. The summed E-state index contributed by atoms with van der Waals surface area (Å²) in [6.07, 6.45) is 3.71. The van der Waals surface area contributed by atoms with Crippen LogP contribution in [0.5, 0.6) is 0 Å². The second kappa shape index (κ2) is 7.01. The average molecular weight is 435 g/mol. The molecule has 6 aromatic rings. The second-order valence-electron chi connectivity index (χ2n) is 9.18. The van der Waals surface area contributed by atoms with Gasteiger partial charge in [-0.15, -0.1) is 11.3 Å². The van der Waals surface area contributed by atoms with Crippen molar-refractivity contribution in [3.63, 3.8) is 0 Å². The lowest BCUT2D eigenvalue weighted by molar-refractivity contribution is 0.596. The first-order valence-electron chi connectivity index (χ1n) is 10.7. The van der Waals surface area contributed by atoms with E-state index < -0.39 is 0 Å². The summed E-state index contributed by atoms with van der Waals surface area (Å²) in [7, 11) is 0. The standard InChI is InChI=1S/C28H22N2OS/c1-28(2,3)22-15-19(14-17-6-4-5-7-20(17)22)25-26-18(8-11-30-25)16-24(31-26)21-9-12-29-23-10-13-32-27(21)23/h4-16H,1-3H3. The smallest absolute Gasteiger partial charge is 0.161 e. The Morgan fingerprint density at radius 2 is 1.69 bits per heavy atom. The van der Waals surface area contributed by atoms with Gasteiger partial charge in [-0.2, -0.15) is 0 Å². The van der Waals surface area contributed by atoms with Crippen LogP contribution in [0.3, 0.4) is 0 Å². The van der Waals surface area contributed by atoms with Gasteiger partial charge in [0, 0.05) is 28.9 Å². The number of benzene rings is 2. The first-order chi connectivity index (χ1) is 15.5. The van der Waals surface area contributed by atoms with E-state index in [4.69, 9.17) is 9.40 Å². The van der Waals surface area contributed by atoms with Crippen molar-refractivity contribution in [1.82, 2.24) is 9.97 Å². The molecule has 0 saturated heterocycles. The third kappa shape index (κ3) is 3.02. The van der Waals surface area contributed by atoms with E-state index in [9.17, 15) is 0 Å². The van der Waals surface area contributed by atoms with E-state index in [0.717, 1.165) is 43.8 Å². The van der Waals surface area contributed by atoms with E-state index in [0.29, 0.717) is 0 Å². The van der Waals surface area contributed by atoms with Crippen LogP contribution < -0.4 is 0 Å². The number of furan rings is 1. The Hall–Kier alpha value is -3.50. The van der Waals surface area contributed by atoms with E-state index in [1.54, 1.807) is 11.3 Å². The number of pyridine rings is 2. The molecule has 0 N–H and O–H groups in total. The van der Waals surface area contributed by atoms with Crippen molar-refractivity contribution in [3.05, 3.63) is 84.0 Å². The van der Waals surface area contributed by atoms with Crippen molar-refractivity contribution in [2.24, 2.45) is 0 Å². The molecular formula is C28H22N2OS. The van der Waals surface area contributed by atoms with Gasteiger partial charge in [-0.25, -0.2) is 0 Å². The molecule has 0 unspecified atom stereocenters. The maximum Gasteiger partial charge on any atom is 0.161 e. The molecular weight excluding hydrogens is 412 g/mol. The molecule has 156 valence electrons. The van der Waals surface area contributed by atoms with Gasteiger partial charge in [-0.05, 0) is 63.5 Å². The van der Waals surface area contributed by atoms with Crippen LogP contribution in [0.2, 0.25) is 0 Å². The molecule has 4 heterocycles. The zero-order valence-electron chi connectivity index (χ0n) is 18.2. The molecule has 0 fully saturated rings. The molecule has 0 radical (unpaired) electrons. The van der Waals surface area contributed by atoms with Gasteiger partial charge in [0.25, 0.3) is 0 Å². The average Bonchev–Trinajstić information content (AvgIpc) is 3.44. The van der Waals surface area contributed by atoms with Crippen molar-refractivity contribution in [2.45, 2.75) is 26.2 Å². The zero-order chi connectivity index (χ0) is 21.9. The van der Waals surface area contributed by atoms with Gasteiger partial charge < -0.3 is 4.42 Å². The molecule has 32 heavy (non-hydrogen) atoms. The highest BCUT2D eigenvalue weighted by molar-refractivity contribution is 7.17. The van der Waals surface area contributed by atoms with Gasteiger partial charge >= 0.3 is 0 Å². The predicted octanol–water partition coefficient (Wildman–Crippen LogP) is 8.22. The predicted molar refractivity (Wildman–Crippen MR) is 134 cm³/mol. The van der Waals surface area contributed by atoms with Crippen LogP contribution in [0.15, 0.2) is 82.9 Å². The van der Waals surface area contributed by atoms with Gasteiger partial charge in [-0.3, -0.25) is 9.97 Å². The Bertz CT molecular complexity index is 1620. The Labute approximate surface area is 190 Å². The van der Waals surface area contributed by atoms with E-state index in [2.05, 4.69) is 73.6 Å². The molecule has 0 aliphatic carbocycles. The van der Waals surface area contributed by atoms with E-state index in [1.165, 1.54) is 16.3 Å². The van der Waals surface area contributed by atoms with E-state index in [-0.39, 0.29) is 5.41 Å². The molecule has 0 aliphatic heterocycles. The number of nitrogens with zero attached hydrogens (tertiary/aromatic N) is 2. The van der Waals surface area contributed by atoms with Gasteiger partial charge in [0.1, 0.15) is 11.5 Å². The largest absolute Gasteiger partial charge is 0.454 e. The minimum atomic E-state index is 0.0135. The van der Waals surface area contributed by atoms with Crippen LogP contribution in [-0.4, -0.2) is 9.97 Å². The zero-order valence-corrected chi connectivity index (χ0v) is 19.0. The monoisotopic (exact) mass is 434 g/mol. The van der Waals surface area contributed by atoms with Gasteiger partial charge in [0.15, 0.2) is 5.58 Å². The van der Waals surface area contributed by atoms with Crippen LogP contribution in [0.25, 0.3) is 54.5 Å². The minimum Gasteiger partial charge on any atom is -0.454 e. The van der Waals surface area contributed by atoms with Crippen LogP contribution in [0.1, 0.15) is 26.3 Å². The molecule has 0 saturated carbocycles. The molecule has 4 aromatic heterocycles. The van der Waals surface area contributed by atoms with Crippen LogP contribution in [0, 0.1) is 0 Å². The third-order valence-electron chi connectivity index (χ3n) is 5.99. The second-order valence-corrected chi connectivity index (χ2v) is 10.1. The van der Waals surface area contributed by atoms with Crippen molar-refractivity contribution in [1.29, 1.82) is 0 Å². The van der Waals surface area contributed by atoms with Crippen LogP contribution >= 0.6 is 11.3 Å². The highest BCUT2D eigenvalue weighted by Gasteiger charge is 2.20. The lowest BCUT2D eigenvalue weighted by Crippen LogP contribution is -2.12. The van der Waals surface area contributed by atoms with Gasteiger partial charge in [0.2, 0.25) is 0 Å². The van der Waals surface area contributed by atoms with Crippen molar-refractivity contribution in [3.8, 4) is 22.6 Å². The molecule has 3 nitrogen and oxygen atoms in total. The molecule has 2 aromatic carbocycles. The Balaban J connectivity index is 1.60. The molecule has 4 heteroatoms. The fourth-order valence-corrected chi connectivity index (χ4v) is 5.31. The van der Waals surface area contributed by atoms with E-state index in [1.807, 2.05) is 30.6 Å². The number of hydrogen-bond donors (Lipinski definition) is 0. The van der Waals surface area contributed by atoms with Crippen LogP contribution in [0.4, 0.5) is 0 Å². The van der Waals surface area contributed by atoms with Gasteiger partial charge in [-0.1, -0.05) is 45.0 Å². The number of thiophene rings is 1. The fourth-order valence-electron chi connectivity index (χ4n) is 4.44. The SMILES string of the molecule is CC(C)(C)c1cc(-c2nccc3cc(-c4ccnc5ccsc45)oc23)cc2ccccc12. The molecule has 0 atom stereocenters. The van der Waals surface area contributed by atoms with Crippen molar-refractivity contribution < 1.29 is 4.42 Å². The third-order valence-corrected chi connectivity index (χ3v) is 6.92.